The number of ketones is 2. The van der Waals surface area contributed by atoms with E-state index in [0.29, 0.717) is 27.3 Å². The van der Waals surface area contributed by atoms with Crippen LogP contribution >= 0.6 is 11.6 Å². The number of halogens is 1. The van der Waals surface area contributed by atoms with Crippen molar-refractivity contribution in [1.29, 1.82) is 0 Å². The van der Waals surface area contributed by atoms with Gasteiger partial charge in [0.1, 0.15) is 5.41 Å². The monoisotopic (exact) mass is 391 g/mol. The average molecular weight is 392 g/mol. The summed E-state index contributed by atoms with van der Waals surface area (Å²) in [6, 6.07) is 19.3. The fourth-order valence-corrected chi connectivity index (χ4v) is 3.95. The molecule has 1 aliphatic rings. The van der Waals surface area contributed by atoms with Crippen molar-refractivity contribution in [2.24, 2.45) is 0 Å². The van der Waals surface area contributed by atoms with Gasteiger partial charge in [-0.2, -0.15) is 0 Å². The zero-order chi connectivity index (χ0) is 19.9. The van der Waals surface area contributed by atoms with Crippen molar-refractivity contribution in [2.45, 2.75) is 11.8 Å². The van der Waals surface area contributed by atoms with Gasteiger partial charge in [0, 0.05) is 34.2 Å². The van der Waals surface area contributed by atoms with Gasteiger partial charge >= 0.3 is 0 Å². The molecule has 0 unspecified atom stereocenters. The number of hydrogen-bond donors (Lipinski definition) is 0. The summed E-state index contributed by atoms with van der Waals surface area (Å²) in [6.07, 6.45) is -0.0991. The highest BCUT2D eigenvalue weighted by molar-refractivity contribution is 6.33. The summed E-state index contributed by atoms with van der Waals surface area (Å²) in [5.74, 6) is -0.706. The SMILES string of the molecule is O=C1c2ccccc2C(=O)C1(Cc1ccccc1[N+](=O)[O-])c1ccc(Cl)cc1. The molecular formula is C22H14ClNO4. The van der Waals surface area contributed by atoms with Crippen molar-refractivity contribution < 1.29 is 14.5 Å². The summed E-state index contributed by atoms with van der Waals surface area (Å²) < 4.78 is 0. The number of hydrogen-bond acceptors (Lipinski definition) is 4. The lowest BCUT2D eigenvalue weighted by atomic mass is 9.71. The maximum atomic E-state index is 13.5. The van der Waals surface area contributed by atoms with Gasteiger partial charge < -0.3 is 0 Å². The van der Waals surface area contributed by atoms with Crippen LogP contribution in [0.25, 0.3) is 0 Å². The molecular weight excluding hydrogens is 378 g/mol. The molecule has 0 saturated carbocycles. The standard InChI is InChI=1S/C22H14ClNO4/c23-16-11-9-15(10-12-16)22(13-14-5-1-4-8-19(14)24(27)28)20(25)17-6-2-3-7-18(17)21(22)26/h1-12H,13H2. The van der Waals surface area contributed by atoms with E-state index in [0.717, 1.165) is 0 Å². The molecule has 1 aliphatic carbocycles. The quantitative estimate of drug-likeness (QED) is 0.363. The zero-order valence-corrected chi connectivity index (χ0v) is 15.3. The van der Waals surface area contributed by atoms with Crippen LogP contribution in [0.5, 0.6) is 0 Å². The first-order valence-electron chi connectivity index (χ1n) is 8.62. The minimum atomic E-state index is -1.56. The minimum absolute atomic E-state index is 0.0991. The van der Waals surface area contributed by atoms with Gasteiger partial charge in [0.25, 0.3) is 5.69 Å². The predicted octanol–water partition coefficient (Wildman–Crippen LogP) is 4.81. The predicted molar refractivity (Wildman–Crippen MR) is 105 cm³/mol. The van der Waals surface area contributed by atoms with E-state index in [1.54, 1.807) is 66.7 Å². The summed E-state index contributed by atoms with van der Waals surface area (Å²) in [5, 5.41) is 12.0. The van der Waals surface area contributed by atoms with Crippen molar-refractivity contribution in [3.63, 3.8) is 0 Å². The highest BCUT2D eigenvalue weighted by atomic mass is 35.5. The fraction of sp³-hybridized carbons (Fsp3) is 0.0909. The van der Waals surface area contributed by atoms with E-state index in [4.69, 9.17) is 11.6 Å². The fourth-order valence-electron chi connectivity index (χ4n) is 3.83. The molecule has 0 aliphatic heterocycles. The van der Waals surface area contributed by atoms with Gasteiger partial charge in [-0.25, -0.2) is 0 Å². The Morgan fingerprint density at radius 1 is 0.821 bits per heavy atom. The molecule has 0 spiro atoms. The van der Waals surface area contributed by atoms with Crippen LogP contribution < -0.4 is 0 Å². The van der Waals surface area contributed by atoms with Crippen LogP contribution in [0.3, 0.4) is 0 Å². The summed E-state index contributed by atoms with van der Waals surface area (Å²) in [7, 11) is 0. The van der Waals surface area contributed by atoms with Crippen LogP contribution in [-0.2, 0) is 11.8 Å². The van der Waals surface area contributed by atoms with Gasteiger partial charge in [0.15, 0.2) is 11.6 Å². The largest absolute Gasteiger partial charge is 0.293 e. The van der Waals surface area contributed by atoms with E-state index >= 15 is 0 Å². The number of fused-ring (bicyclic) bond motifs is 1. The number of para-hydroxylation sites is 1. The molecule has 3 aromatic rings. The number of benzene rings is 3. The van der Waals surface area contributed by atoms with E-state index in [1.165, 1.54) is 6.07 Å². The Balaban J connectivity index is 1.95. The molecule has 0 heterocycles. The van der Waals surface area contributed by atoms with E-state index in [-0.39, 0.29) is 23.7 Å². The molecule has 28 heavy (non-hydrogen) atoms. The van der Waals surface area contributed by atoms with E-state index in [9.17, 15) is 19.7 Å². The zero-order valence-electron chi connectivity index (χ0n) is 14.6. The molecule has 0 radical (unpaired) electrons. The van der Waals surface area contributed by atoms with Crippen molar-refractivity contribution in [2.75, 3.05) is 0 Å². The second kappa shape index (κ2) is 6.69. The molecule has 0 atom stereocenters. The average Bonchev–Trinajstić information content (AvgIpc) is 2.92. The number of nitro groups is 1. The van der Waals surface area contributed by atoms with Crippen molar-refractivity contribution in [3.8, 4) is 0 Å². The molecule has 4 rings (SSSR count). The van der Waals surface area contributed by atoms with Gasteiger partial charge in [0.2, 0.25) is 0 Å². The Hall–Kier alpha value is -3.31. The molecule has 0 bridgehead atoms. The molecule has 0 saturated heterocycles. The van der Waals surface area contributed by atoms with Crippen LogP contribution in [-0.4, -0.2) is 16.5 Å². The van der Waals surface area contributed by atoms with Gasteiger partial charge in [0.05, 0.1) is 4.92 Å². The number of nitro benzene ring substituents is 1. The van der Waals surface area contributed by atoms with Crippen LogP contribution in [0, 0.1) is 10.1 Å². The van der Waals surface area contributed by atoms with E-state index in [1.807, 2.05) is 0 Å². The Morgan fingerprint density at radius 2 is 1.36 bits per heavy atom. The maximum absolute atomic E-state index is 13.5. The Bertz CT molecular complexity index is 1090. The second-order valence-electron chi connectivity index (χ2n) is 6.68. The van der Waals surface area contributed by atoms with Crippen LogP contribution in [0.15, 0.2) is 72.8 Å². The van der Waals surface area contributed by atoms with Crippen LogP contribution in [0.4, 0.5) is 5.69 Å². The third-order valence-corrected chi connectivity index (χ3v) is 5.42. The van der Waals surface area contributed by atoms with Crippen molar-refractivity contribution in [1.82, 2.24) is 0 Å². The number of Topliss-reactive ketones (excluding diaryl/α,β-unsaturated/α-hetero) is 2. The van der Waals surface area contributed by atoms with Crippen LogP contribution in [0.1, 0.15) is 31.8 Å². The lowest BCUT2D eigenvalue weighted by Gasteiger charge is -2.26. The van der Waals surface area contributed by atoms with Gasteiger partial charge in [-0.05, 0) is 17.7 Å². The Kier molecular flexibility index (Phi) is 4.32. The third kappa shape index (κ3) is 2.63. The number of nitrogens with zero attached hydrogens (tertiary/aromatic N) is 1. The first-order valence-corrected chi connectivity index (χ1v) is 9.00. The lowest BCUT2D eigenvalue weighted by molar-refractivity contribution is -0.385. The smallest absolute Gasteiger partial charge is 0.272 e. The van der Waals surface area contributed by atoms with Crippen molar-refractivity contribution in [3.05, 3.63) is 110 Å². The topological polar surface area (TPSA) is 77.3 Å². The molecule has 0 aromatic heterocycles. The third-order valence-electron chi connectivity index (χ3n) is 5.17. The van der Waals surface area contributed by atoms with Gasteiger partial charge in [-0.15, -0.1) is 0 Å². The molecule has 3 aromatic carbocycles. The summed E-state index contributed by atoms with van der Waals surface area (Å²) >= 11 is 5.99. The molecule has 138 valence electrons. The maximum Gasteiger partial charge on any atom is 0.272 e. The normalized spacial score (nSPS) is 14.8. The Labute approximate surface area is 165 Å². The second-order valence-corrected chi connectivity index (χ2v) is 7.12. The molecule has 0 N–H and O–H groups in total. The van der Waals surface area contributed by atoms with Crippen LogP contribution in [0.2, 0.25) is 5.02 Å². The molecule has 5 nitrogen and oxygen atoms in total. The number of carbonyl (C=O) groups is 2. The number of rotatable bonds is 4. The van der Waals surface area contributed by atoms with E-state index in [2.05, 4.69) is 0 Å². The highest BCUT2D eigenvalue weighted by Crippen LogP contribution is 2.43. The van der Waals surface area contributed by atoms with E-state index < -0.39 is 10.3 Å². The first kappa shape index (κ1) is 18.1. The molecule has 0 amide bonds. The summed E-state index contributed by atoms with van der Waals surface area (Å²) in [5.41, 5.74) is -0.201. The Morgan fingerprint density at radius 3 is 1.93 bits per heavy atom. The summed E-state index contributed by atoms with van der Waals surface area (Å²) in [4.78, 5) is 37.9. The minimum Gasteiger partial charge on any atom is -0.293 e. The van der Waals surface area contributed by atoms with Crippen molar-refractivity contribution >= 4 is 28.9 Å². The highest BCUT2D eigenvalue weighted by Gasteiger charge is 2.54. The molecule has 0 fully saturated rings. The molecule has 6 heteroatoms. The van der Waals surface area contributed by atoms with Gasteiger partial charge in [-0.3, -0.25) is 19.7 Å². The summed E-state index contributed by atoms with van der Waals surface area (Å²) in [6.45, 7) is 0. The van der Waals surface area contributed by atoms with Gasteiger partial charge in [-0.1, -0.05) is 66.2 Å². The lowest BCUT2D eigenvalue weighted by Crippen LogP contribution is -2.40. The number of carbonyl (C=O) groups excluding carboxylic acids is 2. The first-order chi connectivity index (χ1) is 13.4.